The zero-order chi connectivity index (χ0) is 12.8. The first-order valence-corrected chi connectivity index (χ1v) is 5.51. The molecule has 94 valence electrons. The SMILES string of the molecule is CC(CN)CN(C)C(=O)Nc1ccccc1F. The van der Waals surface area contributed by atoms with Gasteiger partial charge in [0.2, 0.25) is 0 Å². The smallest absolute Gasteiger partial charge is 0.321 e. The van der Waals surface area contributed by atoms with Crippen LogP contribution in [0.25, 0.3) is 0 Å². The van der Waals surface area contributed by atoms with Gasteiger partial charge in [-0.1, -0.05) is 19.1 Å². The van der Waals surface area contributed by atoms with Crippen LogP contribution in [-0.2, 0) is 0 Å². The largest absolute Gasteiger partial charge is 0.330 e. The summed E-state index contributed by atoms with van der Waals surface area (Å²) in [5, 5.41) is 2.51. The van der Waals surface area contributed by atoms with Crippen molar-refractivity contribution in [2.75, 3.05) is 25.5 Å². The van der Waals surface area contributed by atoms with Crippen molar-refractivity contribution in [1.82, 2.24) is 4.90 Å². The van der Waals surface area contributed by atoms with E-state index in [1.165, 1.54) is 17.0 Å². The molecule has 0 heterocycles. The molecule has 1 rings (SSSR count). The van der Waals surface area contributed by atoms with Gasteiger partial charge < -0.3 is 16.0 Å². The van der Waals surface area contributed by atoms with E-state index >= 15 is 0 Å². The first kappa shape index (κ1) is 13.4. The molecule has 1 atom stereocenters. The van der Waals surface area contributed by atoms with Crippen molar-refractivity contribution < 1.29 is 9.18 Å². The van der Waals surface area contributed by atoms with Gasteiger partial charge in [0.05, 0.1) is 5.69 Å². The number of nitrogens with two attached hydrogens (primary N) is 1. The van der Waals surface area contributed by atoms with Crippen LogP contribution in [0.1, 0.15) is 6.92 Å². The van der Waals surface area contributed by atoms with E-state index in [2.05, 4.69) is 5.32 Å². The van der Waals surface area contributed by atoms with Crippen LogP contribution in [0.15, 0.2) is 24.3 Å². The maximum absolute atomic E-state index is 13.3. The molecule has 1 unspecified atom stereocenters. The molecule has 0 fully saturated rings. The standard InChI is InChI=1S/C12H18FN3O/c1-9(7-14)8-16(2)12(17)15-11-6-4-3-5-10(11)13/h3-6,9H,7-8,14H2,1-2H3,(H,15,17). The Morgan fingerprint density at radius 3 is 2.76 bits per heavy atom. The number of benzene rings is 1. The molecule has 2 amide bonds. The average Bonchev–Trinajstić information content (AvgIpc) is 2.31. The van der Waals surface area contributed by atoms with Crippen molar-refractivity contribution in [3.63, 3.8) is 0 Å². The van der Waals surface area contributed by atoms with Crippen LogP contribution in [0, 0.1) is 11.7 Å². The van der Waals surface area contributed by atoms with Gasteiger partial charge in [0, 0.05) is 13.6 Å². The predicted octanol–water partition coefficient (Wildman–Crippen LogP) is 1.88. The molecule has 1 aromatic rings. The molecule has 1 aromatic carbocycles. The second-order valence-corrected chi connectivity index (χ2v) is 4.13. The number of nitrogens with one attached hydrogen (secondary N) is 1. The second kappa shape index (κ2) is 6.20. The molecule has 0 saturated heterocycles. The van der Waals surface area contributed by atoms with Gasteiger partial charge in [-0.25, -0.2) is 9.18 Å². The molecule has 0 aliphatic rings. The summed E-state index contributed by atoms with van der Waals surface area (Å²) in [6, 6.07) is 5.73. The Kier molecular flexibility index (Phi) is 4.90. The number of nitrogens with zero attached hydrogens (tertiary/aromatic N) is 1. The van der Waals surface area contributed by atoms with Gasteiger partial charge in [0.1, 0.15) is 5.82 Å². The molecule has 0 bridgehead atoms. The van der Waals surface area contributed by atoms with Crippen molar-refractivity contribution in [2.45, 2.75) is 6.92 Å². The topological polar surface area (TPSA) is 58.4 Å². The monoisotopic (exact) mass is 239 g/mol. The Balaban J connectivity index is 2.57. The number of anilines is 1. The zero-order valence-corrected chi connectivity index (χ0v) is 10.1. The van der Waals surface area contributed by atoms with E-state index in [-0.39, 0.29) is 17.6 Å². The van der Waals surface area contributed by atoms with Crippen molar-refractivity contribution >= 4 is 11.7 Å². The van der Waals surface area contributed by atoms with E-state index < -0.39 is 5.82 Å². The Morgan fingerprint density at radius 1 is 1.53 bits per heavy atom. The normalized spacial score (nSPS) is 12.0. The molecule has 0 aliphatic carbocycles. The maximum Gasteiger partial charge on any atom is 0.321 e. The van der Waals surface area contributed by atoms with Crippen molar-refractivity contribution in [3.8, 4) is 0 Å². The highest BCUT2D eigenvalue weighted by Gasteiger charge is 2.12. The first-order chi connectivity index (χ1) is 8.04. The molecule has 4 nitrogen and oxygen atoms in total. The van der Waals surface area contributed by atoms with E-state index in [9.17, 15) is 9.18 Å². The van der Waals surface area contributed by atoms with Gasteiger partial charge in [-0.3, -0.25) is 0 Å². The van der Waals surface area contributed by atoms with Crippen molar-refractivity contribution in [1.29, 1.82) is 0 Å². The minimum Gasteiger partial charge on any atom is -0.330 e. The molecule has 3 N–H and O–H groups in total. The fourth-order valence-electron chi connectivity index (χ4n) is 1.40. The van der Waals surface area contributed by atoms with Crippen LogP contribution in [0.5, 0.6) is 0 Å². The third-order valence-corrected chi connectivity index (χ3v) is 2.45. The summed E-state index contributed by atoms with van der Waals surface area (Å²) in [5.41, 5.74) is 5.66. The van der Waals surface area contributed by atoms with E-state index in [4.69, 9.17) is 5.73 Å². The van der Waals surface area contributed by atoms with Gasteiger partial charge in [-0.15, -0.1) is 0 Å². The van der Waals surface area contributed by atoms with Gasteiger partial charge in [-0.2, -0.15) is 0 Å². The minimum absolute atomic E-state index is 0.185. The van der Waals surface area contributed by atoms with Crippen LogP contribution >= 0.6 is 0 Å². The third kappa shape index (κ3) is 4.03. The number of amides is 2. The Labute approximate surface area is 101 Å². The molecule has 0 saturated carbocycles. The minimum atomic E-state index is -0.443. The van der Waals surface area contributed by atoms with Gasteiger partial charge >= 0.3 is 6.03 Å². The fourth-order valence-corrected chi connectivity index (χ4v) is 1.40. The van der Waals surface area contributed by atoms with Crippen LogP contribution in [-0.4, -0.2) is 31.1 Å². The Morgan fingerprint density at radius 2 is 2.18 bits per heavy atom. The van der Waals surface area contributed by atoms with E-state index in [1.807, 2.05) is 6.92 Å². The van der Waals surface area contributed by atoms with Crippen LogP contribution < -0.4 is 11.1 Å². The van der Waals surface area contributed by atoms with E-state index in [0.717, 1.165) is 0 Å². The Hall–Kier alpha value is -1.62. The van der Waals surface area contributed by atoms with Gasteiger partial charge in [0.25, 0.3) is 0 Å². The van der Waals surface area contributed by atoms with Crippen LogP contribution in [0.4, 0.5) is 14.9 Å². The number of halogens is 1. The highest BCUT2D eigenvalue weighted by Crippen LogP contribution is 2.13. The number of urea groups is 1. The first-order valence-electron chi connectivity index (χ1n) is 5.51. The molecule has 0 spiro atoms. The number of rotatable bonds is 4. The summed E-state index contributed by atoms with van der Waals surface area (Å²) in [5.74, 6) is -0.229. The quantitative estimate of drug-likeness (QED) is 0.843. The lowest BCUT2D eigenvalue weighted by Gasteiger charge is -2.21. The zero-order valence-electron chi connectivity index (χ0n) is 10.1. The molecule has 0 aliphatic heterocycles. The number of para-hydroxylation sites is 1. The van der Waals surface area contributed by atoms with Crippen molar-refractivity contribution in [3.05, 3.63) is 30.1 Å². The summed E-state index contributed by atoms with van der Waals surface area (Å²) in [4.78, 5) is 13.2. The van der Waals surface area contributed by atoms with E-state index in [0.29, 0.717) is 13.1 Å². The van der Waals surface area contributed by atoms with Crippen LogP contribution in [0.3, 0.4) is 0 Å². The number of carbonyl (C=O) groups excluding carboxylic acids is 1. The molecular formula is C12H18FN3O. The molecule has 0 radical (unpaired) electrons. The fraction of sp³-hybridized carbons (Fsp3) is 0.417. The molecule has 17 heavy (non-hydrogen) atoms. The molecule has 5 heteroatoms. The molecule has 0 aromatic heterocycles. The maximum atomic E-state index is 13.3. The highest BCUT2D eigenvalue weighted by atomic mass is 19.1. The summed E-state index contributed by atoms with van der Waals surface area (Å²) in [7, 11) is 1.66. The average molecular weight is 239 g/mol. The number of hydrogen-bond donors (Lipinski definition) is 2. The predicted molar refractivity (Wildman–Crippen MR) is 66.3 cm³/mol. The highest BCUT2D eigenvalue weighted by molar-refractivity contribution is 5.89. The summed E-state index contributed by atoms with van der Waals surface area (Å²) in [6.07, 6.45) is 0. The molecular weight excluding hydrogens is 221 g/mol. The summed E-state index contributed by atoms with van der Waals surface area (Å²) in [6.45, 7) is 3.00. The van der Waals surface area contributed by atoms with E-state index in [1.54, 1.807) is 19.2 Å². The van der Waals surface area contributed by atoms with Crippen molar-refractivity contribution in [2.24, 2.45) is 11.7 Å². The third-order valence-electron chi connectivity index (χ3n) is 2.45. The number of carbonyl (C=O) groups is 1. The summed E-state index contributed by atoms with van der Waals surface area (Å²) < 4.78 is 13.3. The lowest BCUT2D eigenvalue weighted by molar-refractivity contribution is 0.216. The van der Waals surface area contributed by atoms with Gasteiger partial charge in [-0.05, 0) is 24.6 Å². The lowest BCUT2D eigenvalue weighted by Crippen LogP contribution is -2.36. The van der Waals surface area contributed by atoms with Gasteiger partial charge in [0.15, 0.2) is 0 Å². The summed E-state index contributed by atoms with van der Waals surface area (Å²) >= 11 is 0. The lowest BCUT2D eigenvalue weighted by atomic mass is 10.2. The Bertz CT molecular complexity index is 384. The van der Waals surface area contributed by atoms with Crippen LogP contribution in [0.2, 0.25) is 0 Å². The number of hydrogen-bond acceptors (Lipinski definition) is 2. The second-order valence-electron chi connectivity index (χ2n) is 4.13.